The lowest BCUT2D eigenvalue weighted by Crippen LogP contribution is -2.55. The summed E-state index contributed by atoms with van der Waals surface area (Å²) in [6.45, 7) is 5.12. The van der Waals surface area contributed by atoms with Crippen LogP contribution in [0.2, 0.25) is 0 Å². The highest BCUT2D eigenvalue weighted by molar-refractivity contribution is 5.18. The predicted octanol–water partition coefficient (Wildman–Crippen LogP) is 3.23. The molecule has 2 atom stereocenters. The smallest absolute Gasteiger partial charge is 0.123 e. The predicted molar refractivity (Wildman–Crippen MR) is 88.2 cm³/mol. The van der Waals surface area contributed by atoms with Gasteiger partial charge in [-0.3, -0.25) is 4.90 Å². The highest BCUT2D eigenvalue weighted by Gasteiger charge is 2.25. The number of nitrogens with zero attached hydrogens (tertiary/aromatic N) is 1. The van der Waals surface area contributed by atoms with Crippen molar-refractivity contribution in [1.29, 1.82) is 0 Å². The summed E-state index contributed by atoms with van der Waals surface area (Å²) in [4.78, 5) is 2.52. The molecule has 0 spiro atoms. The van der Waals surface area contributed by atoms with E-state index in [0.29, 0.717) is 12.1 Å². The zero-order valence-electron chi connectivity index (χ0n) is 13.0. The molecule has 0 bridgehead atoms. The van der Waals surface area contributed by atoms with Gasteiger partial charge in [-0.05, 0) is 36.6 Å². The number of hydrogen-bond donors (Lipinski definition) is 1. The van der Waals surface area contributed by atoms with Crippen molar-refractivity contribution >= 4 is 0 Å². The molecule has 2 aromatic rings. The molecule has 116 valence electrons. The van der Waals surface area contributed by atoms with Crippen molar-refractivity contribution in [1.82, 2.24) is 10.2 Å². The van der Waals surface area contributed by atoms with Crippen LogP contribution in [0.3, 0.4) is 0 Å². The van der Waals surface area contributed by atoms with Crippen LogP contribution >= 0.6 is 0 Å². The second-order valence-corrected chi connectivity index (χ2v) is 6.21. The van der Waals surface area contributed by atoms with Crippen molar-refractivity contribution in [2.24, 2.45) is 0 Å². The lowest BCUT2D eigenvalue weighted by atomic mass is 10.0. The van der Waals surface area contributed by atoms with E-state index >= 15 is 0 Å². The number of nitrogens with one attached hydrogen (secondary N) is 1. The maximum atomic E-state index is 13.1. The van der Waals surface area contributed by atoms with Crippen LogP contribution in [-0.2, 0) is 13.0 Å². The van der Waals surface area contributed by atoms with Crippen LogP contribution < -0.4 is 5.32 Å². The lowest BCUT2D eigenvalue weighted by molar-refractivity contribution is 0.127. The van der Waals surface area contributed by atoms with Gasteiger partial charge in [-0.1, -0.05) is 42.5 Å². The minimum atomic E-state index is -0.168. The lowest BCUT2D eigenvalue weighted by Gasteiger charge is -2.39. The summed E-state index contributed by atoms with van der Waals surface area (Å²) in [5, 5.41) is 3.58. The maximum Gasteiger partial charge on any atom is 0.123 e. The first-order valence-corrected chi connectivity index (χ1v) is 7.96. The van der Waals surface area contributed by atoms with E-state index < -0.39 is 0 Å². The SMILES string of the molecule is CC1CN(Cc2ccc(F)cc2)C(Cc2ccccc2)CN1. The van der Waals surface area contributed by atoms with Crippen LogP contribution in [0.15, 0.2) is 54.6 Å². The first-order valence-electron chi connectivity index (χ1n) is 7.96. The zero-order chi connectivity index (χ0) is 15.4. The molecule has 0 aliphatic carbocycles. The number of benzene rings is 2. The third kappa shape index (κ3) is 3.93. The van der Waals surface area contributed by atoms with Gasteiger partial charge < -0.3 is 5.32 Å². The molecule has 2 aromatic carbocycles. The summed E-state index contributed by atoms with van der Waals surface area (Å²) >= 11 is 0. The van der Waals surface area contributed by atoms with Gasteiger partial charge in [0.15, 0.2) is 0 Å². The minimum Gasteiger partial charge on any atom is -0.311 e. The molecule has 1 fully saturated rings. The molecule has 1 heterocycles. The second-order valence-electron chi connectivity index (χ2n) is 6.21. The molecule has 22 heavy (non-hydrogen) atoms. The second kappa shape index (κ2) is 7.03. The largest absolute Gasteiger partial charge is 0.311 e. The third-order valence-corrected chi connectivity index (χ3v) is 4.34. The van der Waals surface area contributed by atoms with Crippen molar-refractivity contribution in [3.63, 3.8) is 0 Å². The van der Waals surface area contributed by atoms with Gasteiger partial charge in [-0.25, -0.2) is 4.39 Å². The standard InChI is InChI=1S/C19H23FN2/c1-15-13-22(14-17-7-9-18(20)10-8-17)19(12-21-15)11-16-5-3-2-4-6-16/h2-10,15,19,21H,11-14H2,1H3. The Kier molecular flexibility index (Phi) is 4.86. The zero-order valence-corrected chi connectivity index (χ0v) is 13.0. The van der Waals surface area contributed by atoms with Gasteiger partial charge in [0.2, 0.25) is 0 Å². The molecule has 1 aliphatic heterocycles. The minimum absolute atomic E-state index is 0.168. The summed E-state index contributed by atoms with van der Waals surface area (Å²) in [6.07, 6.45) is 1.04. The highest BCUT2D eigenvalue weighted by atomic mass is 19.1. The fourth-order valence-corrected chi connectivity index (χ4v) is 3.14. The van der Waals surface area contributed by atoms with Crippen LogP contribution in [0, 0.1) is 5.82 Å². The van der Waals surface area contributed by atoms with Crippen molar-refractivity contribution in [2.75, 3.05) is 13.1 Å². The Hall–Kier alpha value is -1.71. The normalized spacial score (nSPS) is 22.6. The molecule has 2 unspecified atom stereocenters. The summed E-state index contributed by atoms with van der Waals surface area (Å²) in [5.41, 5.74) is 2.54. The molecule has 1 aliphatic rings. The van der Waals surface area contributed by atoms with Crippen molar-refractivity contribution in [3.8, 4) is 0 Å². The monoisotopic (exact) mass is 298 g/mol. The van der Waals surface area contributed by atoms with E-state index in [1.807, 2.05) is 12.1 Å². The first kappa shape index (κ1) is 15.2. The Morgan fingerprint density at radius 2 is 1.77 bits per heavy atom. The Bertz CT molecular complexity index is 582. The maximum absolute atomic E-state index is 13.1. The summed E-state index contributed by atoms with van der Waals surface area (Å²) < 4.78 is 13.1. The molecule has 0 radical (unpaired) electrons. The van der Waals surface area contributed by atoms with Crippen LogP contribution in [0.25, 0.3) is 0 Å². The molecule has 3 rings (SSSR count). The third-order valence-electron chi connectivity index (χ3n) is 4.34. The number of piperazine rings is 1. The van der Waals surface area contributed by atoms with E-state index in [0.717, 1.165) is 26.1 Å². The van der Waals surface area contributed by atoms with E-state index in [1.54, 1.807) is 12.1 Å². The molecule has 1 N–H and O–H groups in total. The van der Waals surface area contributed by atoms with Gasteiger partial charge >= 0.3 is 0 Å². The van der Waals surface area contributed by atoms with Crippen LogP contribution in [-0.4, -0.2) is 30.1 Å². The van der Waals surface area contributed by atoms with Gasteiger partial charge in [-0.2, -0.15) is 0 Å². The molecule has 0 amide bonds. The molecular formula is C19H23FN2. The van der Waals surface area contributed by atoms with E-state index in [4.69, 9.17) is 0 Å². The van der Waals surface area contributed by atoms with Crippen LogP contribution in [0.5, 0.6) is 0 Å². The van der Waals surface area contributed by atoms with Crippen LogP contribution in [0.1, 0.15) is 18.1 Å². The fraction of sp³-hybridized carbons (Fsp3) is 0.368. The van der Waals surface area contributed by atoms with E-state index in [1.165, 1.54) is 11.1 Å². The highest BCUT2D eigenvalue weighted by Crippen LogP contribution is 2.17. The summed E-state index contributed by atoms with van der Waals surface area (Å²) in [6, 6.07) is 18.5. The summed E-state index contributed by atoms with van der Waals surface area (Å²) in [5.74, 6) is -0.168. The Morgan fingerprint density at radius 3 is 2.50 bits per heavy atom. The Labute approximate surface area is 132 Å². The number of hydrogen-bond acceptors (Lipinski definition) is 2. The quantitative estimate of drug-likeness (QED) is 0.932. The molecule has 2 nitrogen and oxygen atoms in total. The molecule has 0 aromatic heterocycles. The van der Waals surface area contributed by atoms with Gasteiger partial charge in [0.05, 0.1) is 0 Å². The molecular weight excluding hydrogens is 275 g/mol. The fourth-order valence-electron chi connectivity index (χ4n) is 3.14. The molecule has 3 heteroatoms. The van der Waals surface area contributed by atoms with Crippen molar-refractivity contribution < 1.29 is 4.39 Å². The van der Waals surface area contributed by atoms with E-state index in [-0.39, 0.29) is 5.82 Å². The number of rotatable bonds is 4. The average Bonchev–Trinajstić information content (AvgIpc) is 2.53. The van der Waals surface area contributed by atoms with Crippen molar-refractivity contribution in [2.45, 2.75) is 32.0 Å². The van der Waals surface area contributed by atoms with E-state index in [2.05, 4.69) is 47.5 Å². The first-order chi connectivity index (χ1) is 10.7. The van der Waals surface area contributed by atoms with Gasteiger partial charge in [0.25, 0.3) is 0 Å². The molecule has 0 saturated carbocycles. The summed E-state index contributed by atoms with van der Waals surface area (Å²) in [7, 11) is 0. The van der Waals surface area contributed by atoms with Gasteiger partial charge in [0, 0.05) is 31.7 Å². The van der Waals surface area contributed by atoms with E-state index in [9.17, 15) is 4.39 Å². The van der Waals surface area contributed by atoms with Crippen LogP contribution in [0.4, 0.5) is 4.39 Å². The topological polar surface area (TPSA) is 15.3 Å². The van der Waals surface area contributed by atoms with Crippen molar-refractivity contribution in [3.05, 3.63) is 71.5 Å². The molecule has 1 saturated heterocycles. The van der Waals surface area contributed by atoms with Gasteiger partial charge in [0.1, 0.15) is 5.82 Å². The Morgan fingerprint density at radius 1 is 1.05 bits per heavy atom. The average molecular weight is 298 g/mol. The Balaban J connectivity index is 1.71. The van der Waals surface area contributed by atoms with Gasteiger partial charge in [-0.15, -0.1) is 0 Å². The number of halogens is 1.